The average molecular weight is 389 g/mol. The van der Waals surface area contributed by atoms with Crippen molar-refractivity contribution in [2.45, 2.75) is 19.9 Å². The number of hydrogen-bond acceptors (Lipinski definition) is 2. The molecule has 1 nitrogen and oxygen atoms in total. The molecule has 2 aromatic rings. The Bertz CT molecular complexity index is 516. The van der Waals surface area contributed by atoms with Crippen LogP contribution >= 0.6 is 43.2 Å². The van der Waals surface area contributed by atoms with Gasteiger partial charge >= 0.3 is 0 Å². The molecule has 0 aliphatic rings. The highest BCUT2D eigenvalue weighted by atomic mass is 79.9. The lowest BCUT2D eigenvalue weighted by Gasteiger charge is -2.18. The first kappa shape index (κ1) is 14.3. The largest absolute Gasteiger partial charge is 0.306 e. The molecule has 1 atom stereocenters. The number of thiophene rings is 1. The van der Waals surface area contributed by atoms with Gasteiger partial charge in [0.15, 0.2) is 0 Å². The lowest BCUT2D eigenvalue weighted by molar-refractivity contribution is 0.637. The van der Waals surface area contributed by atoms with Gasteiger partial charge in [-0.1, -0.05) is 28.9 Å². The van der Waals surface area contributed by atoms with Gasteiger partial charge in [0.05, 0.1) is 6.04 Å². The Morgan fingerprint density at radius 1 is 1.28 bits per heavy atom. The van der Waals surface area contributed by atoms with Gasteiger partial charge in [0.2, 0.25) is 0 Å². The molecule has 0 spiro atoms. The highest BCUT2D eigenvalue weighted by Gasteiger charge is 2.17. The van der Waals surface area contributed by atoms with Crippen molar-refractivity contribution >= 4 is 43.2 Å². The van der Waals surface area contributed by atoms with E-state index in [9.17, 15) is 0 Å². The van der Waals surface area contributed by atoms with E-state index in [2.05, 4.69) is 80.7 Å². The predicted octanol–water partition coefficient (Wildman–Crippen LogP) is 5.28. The van der Waals surface area contributed by atoms with Gasteiger partial charge in [0.25, 0.3) is 0 Å². The molecule has 18 heavy (non-hydrogen) atoms. The van der Waals surface area contributed by atoms with Crippen LogP contribution in [0.15, 0.2) is 38.6 Å². The first-order valence-corrected chi connectivity index (χ1v) is 8.31. The molecule has 0 saturated heterocycles. The highest BCUT2D eigenvalue weighted by molar-refractivity contribution is 9.10. The fourth-order valence-electron chi connectivity index (χ4n) is 2.01. The topological polar surface area (TPSA) is 12.0 Å². The van der Waals surface area contributed by atoms with E-state index in [1.165, 1.54) is 20.5 Å². The zero-order valence-corrected chi connectivity index (χ0v) is 14.3. The minimum atomic E-state index is 0.251. The number of hydrogen-bond donors (Lipinski definition) is 1. The Hall–Kier alpha value is -0.160. The number of rotatable bonds is 4. The predicted molar refractivity (Wildman–Crippen MR) is 86.4 cm³/mol. The van der Waals surface area contributed by atoms with Crippen molar-refractivity contribution in [1.29, 1.82) is 0 Å². The summed E-state index contributed by atoms with van der Waals surface area (Å²) in [6.07, 6.45) is 0. The van der Waals surface area contributed by atoms with Crippen molar-refractivity contribution in [3.8, 4) is 0 Å². The monoisotopic (exact) mass is 387 g/mol. The summed E-state index contributed by atoms with van der Waals surface area (Å²) in [5, 5.41) is 5.68. The first-order chi connectivity index (χ1) is 8.61. The smallest absolute Gasteiger partial charge is 0.0682 e. The van der Waals surface area contributed by atoms with Gasteiger partial charge in [0.1, 0.15) is 0 Å². The van der Waals surface area contributed by atoms with Gasteiger partial charge < -0.3 is 5.32 Å². The normalized spacial score (nSPS) is 12.7. The van der Waals surface area contributed by atoms with Crippen LogP contribution in [0.25, 0.3) is 0 Å². The molecule has 0 radical (unpaired) electrons. The van der Waals surface area contributed by atoms with Crippen molar-refractivity contribution in [3.63, 3.8) is 0 Å². The molecule has 4 heteroatoms. The molecule has 1 aromatic heterocycles. The molecule has 1 unspecified atom stereocenters. The Morgan fingerprint density at radius 3 is 2.61 bits per heavy atom. The molecule has 1 N–H and O–H groups in total. The third-order valence-electron chi connectivity index (χ3n) is 2.71. The Kier molecular flexibility index (Phi) is 5.01. The molecule has 0 bridgehead atoms. The summed E-state index contributed by atoms with van der Waals surface area (Å²) in [7, 11) is 0. The maximum atomic E-state index is 3.63. The SMILES string of the molecule is CCNC(c1cc(C)cc(Br)c1)c1sccc1Br. The van der Waals surface area contributed by atoms with E-state index in [4.69, 9.17) is 0 Å². The molecule has 2 rings (SSSR count). The van der Waals surface area contributed by atoms with Crippen LogP contribution in [0.5, 0.6) is 0 Å². The first-order valence-electron chi connectivity index (χ1n) is 5.85. The van der Waals surface area contributed by atoms with Crippen molar-refractivity contribution in [2.24, 2.45) is 0 Å². The Morgan fingerprint density at radius 2 is 2.06 bits per heavy atom. The molecular formula is C14H15Br2NS. The summed E-state index contributed by atoms with van der Waals surface area (Å²) < 4.78 is 2.31. The third-order valence-corrected chi connectivity index (χ3v) is 5.11. The maximum absolute atomic E-state index is 3.63. The van der Waals surface area contributed by atoms with E-state index in [-0.39, 0.29) is 6.04 Å². The Labute approximate surface area is 129 Å². The van der Waals surface area contributed by atoms with Crippen LogP contribution < -0.4 is 5.32 Å². The molecule has 1 aromatic carbocycles. The van der Waals surface area contributed by atoms with Crippen molar-refractivity contribution in [3.05, 3.63) is 54.6 Å². The summed E-state index contributed by atoms with van der Waals surface area (Å²) in [6, 6.07) is 8.92. The van der Waals surface area contributed by atoms with Gasteiger partial charge in [-0.2, -0.15) is 0 Å². The Balaban J connectivity index is 2.44. The quantitative estimate of drug-likeness (QED) is 0.751. The van der Waals surface area contributed by atoms with Crippen molar-refractivity contribution < 1.29 is 0 Å². The lowest BCUT2D eigenvalue weighted by Crippen LogP contribution is -2.21. The number of benzene rings is 1. The van der Waals surface area contributed by atoms with E-state index >= 15 is 0 Å². The third kappa shape index (κ3) is 3.23. The summed E-state index contributed by atoms with van der Waals surface area (Å²) >= 11 is 8.99. The van der Waals surface area contributed by atoms with E-state index < -0.39 is 0 Å². The van der Waals surface area contributed by atoms with Crippen LogP contribution in [0.4, 0.5) is 0 Å². The fourth-order valence-corrected chi connectivity index (χ4v) is 4.34. The van der Waals surface area contributed by atoms with Crippen LogP contribution in [0.3, 0.4) is 0 Å². The van der Waals surface area contributed by atoms with Crippen LogP contribution in [0, 0.1) is 6.92 Å². The average Bonchev–Trinajstić information content (AvgIpc) is 2.71. The van der Waals surface area contributed by atoms with Gasteiger partial charge in [-0.05, 0) is 64.1 Å². The summed E-state index contributed by atoms with van der Waals surface area (Å²) in [4.78, 5) is 1.33. The molecular weight excluding hydrogens is 374 g/mol. The van der Waals surface area contributed by atoms with Crippen LogP contribution in [-0.2, 0) is 0 Å². The van der Waals surface area contributed by atoms with Gasteiger partial charge in [-0.3, -0.25) is 0 Å². The summed E-state index contributed by atoms with van der Waals surface area (Å²) in [5.74, 6) is 0. The molecule has 0 amide bonds. The molecule has 0 aliphatic heterocycles. The standard InChI is InChI=1S/C14H15Br2NS/c1-3-17-13(14-12(16)4-5-18-14)10-6-9(2)7-11(15)8-10/h4-8,13,17H,3H2,1-2H3. The molecule has 1 heterocycles. The molecule has 0 fully saturated rings. The number of aryl methyl sites for hydroxylation is 1. The van der Waals surface area contributed by atoms with Crippen LogP contribution in [0.2, 0.25) is 0 Å². The second kappa shape index (κ2) is 6.33. The van der Waals surface area contributed by atoms with Crippen LogP contribution in [0.1, 0.15) is 29.0 Å². The zero-order valence-electron chi connectivity index (χ0n) is 10.3. The van der Waals surface area contributed by atoms with Crippen molar-refractivity contribution in [2.75, 3.05) is 6.54 Å². The molecule has 96 valence electrons. The van der Waals surface area contributed by atoms with Gasteiger partial charge in [0, 0.05) is 13.8 Å². The second-order valence-corrected chi connectivity index (χ2v) is 6.90. The lowest BCUT2D eigenvalue weighted by atomic mass is 10.0. The zero-order chi connectivity index (χ0) is 13.1. The number of nitrogens with one attached hydrogen (secondary N) is 1. The van der Waals surface area contributed by atoms with E-state index in [1.54, 1.807) is 11.3 Å². The summed E-state index contributed by atoms with van der Waals surface area (Å²) in [6.45, 7) is 5.21. The van der Waals surface area contributed by atoms with Crippen LogP contribution in [-0.4, -0.2) is 6.54 Å². The van der Waals surface area contributed by atoms with E-state index in [1.807, 2.05) is 0 Å². The highest BCUT2D eigenvalue weighted by Crippen LogP contribution is 2.34. The van der Waals surface area contributed by atoms with E-state index in [0.29, 0.717) is 0 Å². The summed E-state index contributed by atoms with van der Waals surface area (Å²) in [5.41, 5.74) is 2.57. The van der Waals surface area contributed by atoms with Gasteiger partial charge in [-0.25, -0.2) is 0 Å². The maximum Gasteiger partial charge on any atom is 0.0682 e. The fraction of sp³-hybridized carbons (Fsp3) is 0.286. The van der Waals surface area contributed by atoms with Crippen molar-refractivity contribution in [1.82, 2.24) is 5.32 Å². The minimum Gasteiger partial charge on any atom is -0.306 e. The number of halogens is 2. The second-order valence-electron chi connectivity index (χ2n) is 4.19. The molecule has 0 saturated carbocycles. The van der Waals surface area contributed by atoms with E-state index in [0.717, 1.165) is 11.0 Å². The minimum absolute atomic E-state index is 0.251. The van der Waals surface area contributed by atoms with Gasteiger partial charge in [-0.15, -0.1) is 11.3 Å². The molecule has 0 aliphatic carbocycles.